The second-order valence-corrected chi connectivity index (χ2v) is 9.47. The van der Waals surface area contributed by atoms with Crippen LogP contribution in [-0.4, -0.2) is 44.9 Å². The molecule has 4 N–H and O–H groups in total. The Balaban J connectivity index is 1.64. The zero-order chi connectivity index (χ0) is 23.7. The molecular weight excluding hydrogens is 446 g/mol. The maximum absolute atomic E-state index is 13.7. The first-order valence-corrected chi connectivity index (χ1v) is 11.3. The van der Waals surface area contributed by atoms with Crippen molar-refractivity contribution in [2.45, 2.75) is 44.3 Å². The number of hydrogen-bond acceptors (Lipinski definition) is 6. The third-order valence-electron chi connectivity index (χ3n) is 7.24. The molecule has 2 saturated heterocycles. The van der Waals surface area contributed by atoms with E-state index < -0.39 is 29.3 Å². The summed E-state index contributed by atoms with van der Waals surface area (Å²) < 4.78 is 0. The van der Waals surface area contributed by atoms with Gasteiger partial charge in [0, 0.05) is 28.4 Å². The van der Waals surface area contributed by atoms with Gasteiger partial charge in [-0.3, -0.25) is 24.6 Å². The molecule has 0 aliphatic carbocycles. The largest absolute Gasteiger partial charge is 0.504 e. The number of halogens is 1. The third-order valence-corrected chi connectivity index (χ3v) is 7.47. The molecule has 2 aromatic carbocycles. The second kappa shape index (κ2) is 7.46. The molecule has 8 nitrogen and oxygen atoms in total. The highest BCUT2D eigenvalue weighted by Crippen LogP contribution is 2.54. The first-order valence-electron chi connectivity index (χ1n) is 11.0. The minimum absolute atomic E-state index is 0.249. The summed E-state index contributed by atoms with van der Waals surface area (Å²) in [6, 6.07) is 8.60. The Hall–Kier alpha value is -3.10. The number of benzene rings is 2. The Morgan fingerprint density at radius 3 is 2.55 bits per heavy atom. The molecule has 5 atom stereocenters. The van der Waals surface area contributed by atoms with E-state index >= 15 is 0 Å². The minimum atomic E-state index is -1.43. The third kappa shape index (κ3) is 2.97. The van der Waals surface area contributed by atoms with Crippen molar-refractivity contribution in [3.05, 3.63) is 52.5 Å². The van der Waals surface area contributed by atoms with E-state index in [1.54, 1.807) is 24.3 Å². The molecule has 5 rings (SSSR count). The molecule has 9 heteroatoms. The molecule has 0 bridgehead atoms. The number of carbonyl (C=O) groups excluding carboxylic acids is 3. The van der Waals surface area contributed by atoms with Crippen LogP contribution in [0, 0.1) is 11.8 Å². The molecule has 3 amide bonds. The number of imide groups is 1. The molecular formula is C24H24ClN3O5. The van der Waals surface area contributed by atoms with Gasteiger partial charge in [0.1, 0.15) is 5.54 Å². The smallest absolute Gasteiger partial charge is 0.250 e. The highest BCUT2D eigenvalue weighted by Gasteiger charge is 2.70. The number of phenols is 2. The fourth-order valence-electron chi connectivity index (χ4n) is 5.54. The van der Waals surface area contributed by atoms with E-state index in [-0.39, 0.29) is 35.8 Å². The molecule has 33 heavy (non-hydrogen) atoms. The zero-order valence-corrected chi connectivity index (χ0v) is 18.9. The van der Waals surface area contributed by atoms with Gasteiger partial charge in [0.2, 0.25) is 17.7 Å². The summed E-state index contributed by atoms with van der Waals surface area (Å²) in [5.74, 6) is -3.28. The molecule has 1 spiro atoms. The molecule has 3 aliphatic rings. The molecule has 3 heterocycles. The molecule has 2 fully saturated rings. The van der Waals surface area contributed by atoms with E-state index in [2.05, 4.69) is 10.6 Å². The van der Waals surface area contributed by atoms with Crippen LogP contribution in [0.5, 0.6) is 11.5 Å². The maximum atomic E-state index is 13.7. The molecule has 172 valence electrons. The highest BCUT2D eigenvalue weighted by molar-refractivity contribution is 6.31. The Morgan fingerprint density at radius 1 is 1.09 bits per heavy atom. The summed E-state index contributed by atoms with van der Waals surface area (Å²) >= 11 is 6.26. The van der Waals surface area contributed by atoms with Gasteiger partial charge in [-0.1, -0.05) is 24.6 Å². The lowest BCUT2D eigenvalue weighted by Crippen LogP contribution is -2.54. The number of nitrogens with one attached hydrogen (secondary N) is 2. The van der Waals surface area contributed by atoms with Crippen molar-refractivity contribution in [1.82, 2.24) is 10.2 Å². The quantitative estimate of drug-likeness (QED) is 0.403. The van der Waals surface area contributed by atoms with E-state index in [4.69, 9.17) is 11.6 Å². The van der Waals surface area contributed by atoms with E-state index in [9.17, 15) is 24.6 Å². The number of carbonyl (C=O) groups is 3. The average molecular weight is 470 g/mol. The van der Waals surface area contributed by atoms with Crippen molar-refractivity contribution in [3.63, 3.8) is 0 Å². The van der Waals surface area contributed by atoms with Gasteiger partial charge in [-0.25, -0.2) is 0 Å². The number of amides is 3. The van der Waals surface area contributed by atoms with E-state index in [1.165, 1.54) is 17.0 Å². The molecule has 0 radical (unpaired) electrons. The van der Waals surface area contributed by atoms with Crippen LogP contribution in [0.3, 0.4) is 0 Å². The van der Waals surface area contributed by atoms with Gasteiger partial charge in [0.25, 0.3) is 0 Å². The zero-order valence-electron chi connectivity index (χ0n) is 18.1. The molecule has 0 saturated carbocycles. The second-order valence-electron chi connectivity index (χ2n) is 9.04. The first kappa shape index (κ1) is 21.7. The predicted molar refractivity (Wildman–Crippen MR) is 121 cm³/mol. The molecule has 0 unspecified atom stereocenters. The van der Waals surface area contributed by atoms with Crippen molar-refractivity contribution in [1.29, 1.82) is 0 Å². The number of fused-ring (bicyclic) bond motifs is 4. The standard InChI is InChI=1S/C24H24ClN3O5/c1-3-11(2)28-21(31)19-16(8-12-4-7-17(29)18(30)9-12)27-24(20(19)22(28)32)14-10-13(25)5-6-15(14)26-23(24)33/h4-7,9-11,16,19-20,27,29-30H,3,8H2,1-2H3,(H,26,33)/t11-,16+,19+,20-,24-/m0/s1. The van der Waals surface area contributed by atoms with Gasteiger partial charge in [-0.05, 0) is 55.7 Å². The highest BCUT2D eigenvalue weighted by atomic mass is 35.5. The summed E-state index contributed by atoms with van der Waals surface area (Å²) in [6.45, 7) is 3.73. The van der Waals surface area contributed by atoms with E-state index in [1.807, 2.05) is 13.8 Å². The number of aromatic hydroxyl groups is 2. The van der Waals surface area contributed by atoms with Gasteiger partial charge in [0.05, 0.1) is 11.8 Å². The van der Waals surface area contributed by atoms with Gasteiger partial charge in [-0.15, -0.1) is 0 Å². The van der Waals surface area contributed by atoms with Crippen LogP contribution in [0.15, 0.2) is 36.4 Å². The Kier molecular flexibility index (Phi) is 4.91. The topological polar surface area (TPSA) is 119 Å². The van der Waals surface area contributed by atoms with Gasteiger partial charge in [-0.2, -0.15) is 0 Å². The number of hydrogen-bond donors (Lipinski definition) is 4. The van der Waals surface area contributed by atoms with Crippen LogP contribution in [-0.2, 0) is 26.3 Å². The summed E-state index contributed by atoms with van der Waals surface area (Å²) in [7, 11) is 0. The minimum Gasteiger partial charge on any atom is -0.504 e. The lowest BCUT2D eigenvalue weighted by Gasteiger charge is -2.31. The van der Waals surface area contributed by atoms with E-state index in [0.29, 0.717) is 28.3 Å². The number of rotatable bonds is 4. The van der Waals surface area contributed by atoms with Crippen molar-refractivity contribution in [3.8, 4) is 11.5 Å². The van der Waals surface area contributed by atoms with Crippen molar-refractivity contribution < 1.29 is 24.6 Å². The summed E-state index contributed by atoms with van der Waals surface area (Å²) in [5, 5.41) is 26.2. The lowest BCUT2D eigenvalue weighted by molar-refractivity contribution is -0.145. The van der Waals surface area contributed by atoms with Crippen LogP contribution in [0.2, 0.25) is 5.02 Å². The number of nitrogens with zero attached hydrogens (tertiary/aromatic N) is 1. The monoisotopic (exact) mass is 469 g/mol. The Morgan fingerprint density at radius 2 is 1.85 bits per heavy atom. The fraction of sp³-hybridized carbons (Fsp3) is 0.375. The van der Waals surface area contributed by atoms with Gasteiger partial charge in [0.15, 0.2) is 11.5 Å². The van der Waals surface area contributed by atoms with Crippen molar-refractivity contribution in [2.24, 2.45) is 11.8 Å². The summed E-state index contributed by atoms with van der Waals surface area (Å²) in [5.41, 5.74) is 0.341. The van der Waals surface area contributed by atoms with Crippen LogP contribution in [0.25, 0.3) is 0 Å². The van der Waals surface area contributed by atoms with Gasteiger partial charge < -0.3 is 15.5 Å². The summed E-state index contributed by atoms with van der Waals surface area (Å²) in [6.07, 6.45) is 0.871. The number of phenolic OH excluding ortho intramolecular Hbond substituents is 2. The van der Waals surface area contributed by atoms with E-state index in [0.717, 1.165) is 0 Å². The number of likely N-dealkylation sites (tertiary alicyclic amines) is 1. The summed E-state index contributed by atoms with van der Waals surface area (Å²) in [4.78, 5) is 42.0. The fourth-order valence-corrected chi connectivity index (χ4v) is 5.71. The van der Waals surface area contributed by atoms with Crippen molar-refractivity contribution >= 4 is 35.0 Å². The first-order chi connectivity index (χ1) is 15.7. The SMILES string of the molecule is CC[C@H](C)N1C(=O)[C@H]2[C@@H](C1=O)[C@]1(N[C@@H]2Cc2ccc(O)c(O)c2)C(=O)Nc2ccc(Cl)cc21. The van der Waals surface area contributed by atoms with Crippen LogP contribution >= 0.6 is 11.6 Å². The maximum Gasteiger partial charge on any atom is 0.250 e. The Labute approximate surface area is 195 Å². The molecule has 3 aliphatic heterocycles. The van der Waals surface area contributed by atoms with Crippen LogP contribution in [0.1, 0.15) is 31.4 Å². The Bertz CT molecular complexity index is 1200. The van der Waals surface area contributed by atoms with Gasteiger partial charge >= 0.3 is 0 Å². The van der Waals surface area contributed by atoms with Crippen molar-refractivity contribution in [2.75, 3.05) is 5.32 Å². The van der Waals surface area contributed by atoms with Crippen LogP contribution in [0.4, 0.5) is 5.69 Å². The lowest BCUT2D eigenvalue weighted by atomic mass is 9.76. The average Bonchev–Trinajstić information content (AvgIpc) is 3.35. The molecule has 2 aromatic rings. The molecule has 0 aromatic heterocycles. The number of anilines is 1. The van der Waals surface area contributed by atoms with Crippen LogP contribution < -0.4 is 10.6 Å². The predicted octanol–water partition coefficient (Wildman–Crippen LogP) is 2.51. The normalized spacial score (nSPS) is 28.9.